The fraction of sp³-hybridized carbons (Fsp3) is 0.800. The van der Waals surface area contributed by atoms with Crippen molar-refractivity contribution in [3.8, 4) is 0 Å². The van der Waals surface area contributed by atoms with E-state index in [1.54, 1.807) is 13.2 Å². The number of nitrogens with one attached hydrogen (secondary N) is 1. The van der Waals surface area contributed by atoms with Crippen LogP contribution in [0.4, 0.5) is 0 Å². The Labute approximate surface area is 52.3 Å². The summed E-state index contributed by atoms with van der Waals surface area (Å²) in [5, 5.41) is 6.95. The van der Waals surface area contributed by atoms with Crippen LogP contribution in [0, 0.1) is 5.41 Å². The van der Waals surface area contributed by atoms with Gasteiger partial charge in [-0.1, -0.05) is 0 Å². The third kappa shape index (κ3) is 5.82. The molecule has 0 bridgehead atoms. The van der Waals surface area contributed by atoms with Crippen LogP contribution in [0.15, 0.2) is 0 Å². The van der Waals surface area contributed by atoms with Gasteiger partial charge in [-0.05, 0) is 13.3 Å². The van der Waals surface area contributed by atoms with Gasteiger partial charge >= 0.3 is 0 Å². The normalized spacial score (nSPS) is 13.2. The first-order chi connectivity index (χ1) is 3.63. The summed E-state index contributed by atoms with van der Waals surface area (Å²) < 4.78 is 10.4. The van der Waals surface area contributed by atoms with Crippen LogP contribution in [0.25, 0.3) is 0 Å². The molecule has 0 aliphatic rings. The average Bonchev–Trinajstić information content (AvgIpc) is 1.61. The summed E-state index contributed by atoms with van der Waals surface area (Å²) in [5.74, 6) is 0.634. The highest BCUT2D eigenvalue weighted by Gasteiger charge is 1.90. The second-order valence-corrected chi connectivity index (χ2v) is 3.36. The smallest absolute Gasteiger partial charge is 0.0283 e. The maximum atomic E-state index is 10.4. The van der Waals surface area contributed by atoms with Gasteiger partial charge in [-0.15, -0.1) is 0 Å². The van der Waals surface area contributed by atoms with Crippen LogP contribution in [0.3, 0.4) is 0 Å². The summed E-state index contributed by atoms with van der Waals surface area (Å²) >= 11 is 0. The van der Waals surface area contributed by atoms with E-state index in [0.717, 1.165) is 0 Å². The van der Waals surface area contributed by atoms with Crippen LogP contribution in [-0.2, 0) is 10.8 Å². The Bertz CT molecular complexity index is 97.0. The van der Waals surface area contributed by atoms with E-state index in [0.29, 0.717) is 17.9 Å². The molecule has 0 radical (unpaired) electrons. The van der Waals surface area contributed by atoms with E-state index in [1.165, 1.54) is 0 Å². The number of hydrogen-bond acceptors (Lipinski definition) is 2. The molecule has 0 aromatic carbocycles. The monoisotopic (exact) mass is 133 g/mol. The van der Waals surface area contributed by atoms with Gasteiger partial charge in [0.1, 0.15) is 0 Å². The molecule has 0 aromatic rings. The van der Waals surface area contributed by atoms with Gasteiger partial charge in [0.2, 0.25) is 0 Å². The van der Waals surface area contributed by atoms with Crippen LogP contribution >= 0.6 is 0 Å². The minimum atomic E-state index is -0.727. The van der Waals surface area contributed by atoms with Crippen LogP contribution in [0.5, 0.6) is 0 Å². The quantitative estimate of drug-likeness (QED) is 0.568. The summed E-state index contributed by atoms with van der Waals surface area (Å²) in [4.78, 5) is 0. The van der Waals surface area contributed by atoms with E-state index in [-0.39, 0.29) is 0 Å². The Kier molecular flexibility index (Phi) is 3.69. The van der Waals surface area contributed by atoms with E-state index in [2.05, 4.69) is 0 Å². The van der Waals surface area contributed by atoms with Gasteiger partial charge < -0.3 is 5.41 Å². The number of rotatable bonds is 3. The number of hydrogen-bond donors (Lipinski definition) is 1. The molecular weight excluding hydrogens is 122 g/mol. The fourth-order valence-electron chi connectivity index (χ4n) is 0.297. The lowest BCUT2D eigenvalue weighted by Crippen LogP contribution is -1.98. The highest BCUT2D eigenvalue weighted by atomic mass is 32.2. The van der Waals surface area contributed by atoms with Crippen molar-refractivity contribution >= 4 is 16.5 Å². The Hall–Kier alpha value is -0.180. The van der Waals surface area contributed by atoms with Crippen molar-refractivity contribution in [2.75, 3.05) is 12.0 Å². The second-order valence-electron chi connectivity index (χ2n) is 1.81. The SMILES string of the molecule is CC(=N)CCS(C)=O. The minimum absolute atomic E-state index is 0.611. The van der Waals surface area contributed by atoms with Gasteiger partial charge in [0.15, 0.2) is 0 Å². The summed E-state index contributed by atoms with van der Waals surface area (Å²) in [7, 11) is -0.727. The van der Waals surface area contributed by atoms with Crippen molar-refractivity contribution in [1.29, 1.82) is 5.41 Å². The first-order valence-electron chi connectivity index (χ1n) is 2.47. The highest BCUT2D eigenvalue weighted by Crippen LogP contribution is 1.84. The van der Waals surface area contributed by atoms with Crippen molar-refractivity contribution in [3.05, 3.63) is 0 Å². The molecule has 0 fully saturated rings. The molecule has 0 aliphatic carbocycles. The zero-order chi connectivity index (χ0) is 6.57. The van der Waals surface area contributed by atoms with Gasteiger partial charge in [0.05, 0.1) is 0 Å². The standard InChI is InChI=1S/C5H11NOS/c1-5(6)3-4-8(2)7/h6H,3-4H2,1-2H3. The third-order valence-electron chi connectivity index (χ3n) is 0.765. The van der Waals surface area contributed by atoms with E-state index < -0.39 is 10.8 Å². The van der Waals surface area contributed by atoms with Gasteiger partial charge in [-0.3, -0.25) is 4.21 Å². The predicted molar refractivity (Wildman–Crippen MR) is 37.0 cm³/mol. The fourth-order valence-corrected chi connectivity index (χ4v) is 0.890. The topological polar surface area (TPSA) is 40.9 Å². The summed E-state index contributed by atoms with van der Waals surface area (Å²) in [6, 6.07) is 0. The van der Waals surface area contributed by atoms with E-state index in [9.17, 15) is 4.21 Å². The lowest BCUT2D eigenvalue weighted by Gasteiger charge is -1.91. The average molecular weight is 133 g/mol. The molecule has 0 heterocycles. The molecule has 48 valence electrons. The minimum Gasteiger partial charge on any atom is -0.310 e. The van der Waals surface area contributed by atoms with Crippen LogP contribution in [0.1, 0.15) is 13.3 Å². The molecule has 1 N–H and O–H groups in total. The molecule has 0 amide bonds. The van der Waals surface area contributed by atoms with Crippen LogP contribution in [-0.4, -0.2) is 21.9 Å². The van der Waals surface area contributed by atoms with Crippen LogP contribution < -0.4 is 0 Å². The Morgan fingerprint density at radius 1 is 1.75 bits per heavy atom. The van der Waals surface area contributed by atoms with Gasteiger partial charge in [-0.25, -0.2) is 0 Å². The third-order valence-corrected chi connectivity index (χ3v) is 1.54. The molecule has 0 saturated heterocycles. The summed E-state index contributed by atoms with van der Waals surface area (Å²) in [6.07, 6.45) is 2.33. The molecule has 1 unspecified atom stereocenters. The zero-order valence-corrected chi connectivity index (χ0v) is 6.05. The van der Waals surface area contributed by atoms with E-state index in [4.69, 9.17) is 5.41 Å². The lowest BCUT2D eigenvalue weighted by molar-refractivity contribution is 0.686. The van der Waals surface area contributed by atoms with Gasteiger partial charge in [0, 0.05) is 28.5 Å². The Morgan fingerprint density at radius 3 is 2.38 bits per heavy atom. The van der Waals surface area contributed by atoms with E-state index >= 15 is 0 Å². The maximum Gasteiger partial charge on any atom is 0.0283 e. The first-order valence-corrected chi connectivity index (χ1v) is 4.19. The Balaban J connectivity index is 3.18. The molecule has 3 heteroatoms. The largest absolute Gasteiger partial charge is 0.310 e. The van der Waals surface area contributed by atoms with Crippen molar-refractivity contribution in [2.24, 2.45) is 0 Å². The molecule has 0 aromatic heterocycles. The summed E-state index contributed by atoms with van der Waals surface area (Å²) in [6.45, 7) is 1.73. The van der Waals surface area contributed by atoms with Crippen LogP contribution in [0.2, 0.25) is 0 Å². The molecular formula is C5H11NOS. The lowest BCUT2D eigenvalue weighted by atomic mass is 10.3. The molecule has 0 saturated carbocycles. The van der Waals surface area contributed by atoms with E-state index in [1.807, 2.05) is 0 Å². The molecule has 0 rings (SSSR count). The van der Waals surface area contributed by atoms with Crippen molar-refractivity contribution in [3.63, 3.8) is 0 Å². The van der Waals surface area contributed by atoms with Crippen molar-refractivity contribution in [2.45, 2.75) is 13.3 Å². The molecule has 8 heavy (non-hydrogen) atoms. The maximum absolute atomic E-state index is 10.4. The molecule has 0 spiro atoms. The van der Waals surface area contributed by atoms with Gasteiger partial charge in [0.25, 0.3) is 0 Å². The highest BCUT2D eigenvalue weighted by molar-refractivity contribution is 7.84. The van der Waals surface area contributed by atoms with Gasteiger partial charge in [-0.2, -0.15) is 0 Å². The second kappa shape index (κ2) is 3.78. The Morgan fingerprint density at radius 2 is 2.25 bits per heavy atom. The molecule has 2 nitrogen and oxygen atoms in total. The molecule has 1 atom stereocenters. The zero-order valence-electron chi connectivity index (χ0n) is 5.23. The van der Waals surface area contributed by atoms with Crippen molar-refractivity contribution in [1.82, 2.24) is 0 Å². The summed E-state index contributed by atoms with van der Waals surface area (Å²) in [5.41, 5.74) is 0.611. The first kappa shape index (κ1) is 7.82. The van der Waals surface area contributed by atoms with Crippen molar-refractivity contribution < 1.29 is 4.21 Å². The molecule has 0 aliphatic heterocycles. The predicted octanol–water partition coefficient (Wildman–Crippen LogP) is 0.795.